The minimum Gasteiger partial charge on any atom is -0.479 e. The molecule has 0 radical (unpaired) electrons. The molecule has 2 aromatic carbocycles. The van der Waals surface area contributed by atoms with Crippen LogP contribution in [0.25, 0.3) is 11.1 Å². The van der Waals surface area contributed by atoms with Gasteiger partial charge in [0.05, 0.1) is 12.1 Å². The Balaban J connectivity index is 1.43. The van der Waals surface area contributed by atoms with E-state index in [1.165, 1.54) is 6.92 Å². The SMILES string of the molecule is CC(CO)(NC(=O)CC1(NC(=O)OCC2c3ccccc3-c3ccccc32)CCSCC1)C(=O)O. The third kappa shape index (κ3) is 5.31. The fourth-order valence-electron chi connectivity index (χ4n) is 4.78. The zero-order chi connectivity index (χ0) is 25.1. The number of alkyl carbamates (subject to hydrolysis) is 1. The minimum atomic E-state index is -1.79. The van der Waals surface area contributed by atoms with Gasteiger partial charge < -0.3 is 25.6 Å². The summed E-state index contributed by atoms with van der Waals surface area (Å²) in [7, 11) is 0. The molecule has 1 heterocycles. The van der Waals surface area contributed by atoms with Gasteiger partial charge in [0.25, 0.3) is 0 Å². The van der Waals surface area contributed by atoms with Crippen LogP contribution in [0.5, 0.6) is 0 Å². The van der Waals surface area contributed by atoms with Gasteiger partial charge in [-0.2, -0.15) is 11.8 Å². The Morgan fingerprint density at radius 3 is 2.17 bits per heavy atom. The number of fused-ring (bicyclic) bond motifs is 3. The van der Waals surface area contributed by atoms with E-state index in [0.717, 1.165) is 33.8 Å². The van der Waals surface area contributed by atoms with Crippen molar-refractivity contribution in [1.82, 2.24) is 10.6 Å². The quantitative estimate of drug-likeness (QED) is 0.441. The predicted molar refractivity (Wildman–Crippen MR) is 133 cm³/mol. The Morgan fingerprint density at radius 1 is 1.06 bits per heavy atom. The van der Waals surface area contributed by atoms with Crippen molar-refractivity contribution < 1.29 is 29.3 Å². The van der Waals surface area contributed by atoms with Crippen LogP contribution in [0.2, 0.25) is 0 Å². The summed E-state index contributed by atoms with van der Waals surface area (Å²) in [4.78, 5) is 37.1. The number of hydrogen-bond acceptors (Lipinski definition) is 6. The summed E-state index contributed by atoms with van der Waals surface area (Å²) < 4.78 is 5.69. The zero-order valence-electron chi connectivity index (χ0n) is 19.6. The third-order valence-electron chi connectivity index (χ3n) is 6.86. The highest BCUT2D eigenvalue weighted by Crippen LogP contribution is 2.44. The van der Waals surface area contributed by atoms with Crippen LogP contribution in [0.3, 0.4) is 0 Å². The molecule has 1 unspecified atom stereocenters. The maximum Gasteiger partial charge on any atom is 0.407 e. The first-order valence-electron chi connectivity index (χ1n) is 11.6. The number of thioether (sulfide) groups is 1. The number of rotatable bonds is 8. The van der Waals surface area contributed by atoms with Crippen LogP contribution in [0, 0.1) is 0 Å². The van der Waals surface area contributed by atoms with Crippen molar-refractivity contribution in [2.75, 3.05) is 24.7 Å². The van der Waals surface area contributed by atoms with Crippen molar-refractivity contribution in [3.8, 4) is 11.1 Å². The van der Waals surface area contributed by atoms with Gasteiger partial charge in [-0.25, -0.2) is 9.59 Å². The largest absolute Gasteiger partial charge is 0.479 e. The normalized spacial score (nSPS) is 18.0. The van der Waals surface area contributed by atoms with E-state index in [2.05, 4.69) is 22.8 Å². The molecule has 1 aliphatic carbocycles. The van der Waals surface area contributed by atoms with E-state index in [-0.39, 0.29) is 18.9 Å². The van der Waals surface area contributed by atoms with Crippen LogP contribution in [0.4, 0.5) is 4.79 Å². The van der Waals surface area contributed by atoms with Crippen molar-refractivity contribution in [3.05, 3.63) is 59.7 Å². The number of carboxylic acids is 1. The molecule has 8 nitrogen and oxygen atoms in total. The van der Waals surface area contributed by atoms with E-state index in [0.29, 0.717) is 12.8 Å². The van der Waals surface area contributed by atoms with Crippen molar-refractivity contribution in [3.63, 3.8) is 0 Å². The van der Waals surface area contributed by atoms with E-state index < -0.39 is 35.7 Å². The summed E-state index contributed by atoms with van der Waals surface area (Å²) in [6.45, 7) is 0.671. The topological polar surface area (TPSA) is 125 Å². The minimum absolute atomic E-state index is 0.0739. The molecule has 4 N–H and O–H groups in total. The first-order chi connectivity index (χ1) is 16.8. The van der Waals surface area contributed by atoms with Gasteiger partial charge in [0, 0.05) is 12.3 Å². The zero-order valence-corrected chi connectivity index (χ0v) is 20.4. The monoisotopic (exact) mass is 498 g/mol. The number of hydrogen-bond donors (Lipinski definition) is 4. The molecule has 0 aromatic heterocycles. The van der Waals surface area contributed by atoms with Crippen molar-refractivity contribution in [1.29, 1.82) is 0 Å². The lowest BCUT2D eigenvalue weighted by molar-refractivity contribution is -0.149. The van der Waals surface area contributed by atoms with E-state index >= 15 is 0 Å². The highest BCUT2D eigenvalue weighted by molar-refractivity contribution is 7.99. The fourth-order valence-corrected chi connectivity index (χ4v) is 6.05. The lowest BCUT2D eigenvalue weighted by Gasteiger charge is -2.38. The highest BCUT2D eigenvalue weighted by atomic mass is 32.2. The van der Waals surface area contributed by atoms with Crippen molar-refractivity contribution in [2.45, 2.75) is 43.2 Å². The molecule has 1 atom stereocenters. The molecule has 0 saturated carbocycles. The summed E-state index contributed by atoms with van der Waals surface area (Å²) in [5, 5.41) is 24.1. The van der Waals surface area contributed by atoms with Crippen LogP contribution in [0.15, 0.2) is 48.5 Å². The molecule has 2 aliphatic rings. The maximum absolute atomic E-state index is 12.9. The molecule has 35 heavy (non-hydrogen) atoms. The van der Waals surface area contributed by atoms with Gasteiger partial charge in [-0.3, -0.25) is 4.79 Å². The molecular weight excluding hydrogens is 468 g/mol. The van der Waals surface area contributed by atoms with Gasteiger partial charge in [-0.05, 0) is 53.5 Å². The Labute approximate surface area is 208 Å². The summed E-state index contributed by atoms with van der Waals surface area (Å²) in [6.07, 6.45) is 0.409. The Hall–Kier alpha value is -3.04. The number of aliphatic carboxylic acids is 1. The van der Waals surface area contributed by atoms with E-state index in [9.17, 15) is 24.6 Å². The average molecular weight is 499 g/mol. The molecule has 9 heteroatoms. The van der Waals surface area contributed by atoms with Gasteiger partial charge in [0.15, 0.2) is 5.54 Å². The number of carbonyl (C=O) groups excluding carboxylic acids is 2. The molecule has 0 spiro atoms. The van der Waals surface area contributed by atoms with E-state index in [4.69, 9.17) is 4.74 Å². The number of amides is 2. The van der Waals surface area contributed by atoms with Gasteiger partial charge in [-0.15, -0.1) is 0 Å². The number of carboxylic acid groups (broad SMARTS) is 1. The molecule has 4 rings (SSSR count). The first-order valence-corrected chi connectivity index (χ1v) is 12.8. The molecule has 2 amide bonds. The van der Waals surface area contributed by atoms with E-state index in [1.54, 1.807) is 11.8 Å². The highest BCUT2D eigenvalue weighted by Gasteiger charge is 2.40. The van der Waals surface area contributed by atoms with Crippen LogP contribution in [-0.4, -0.2) is 64.0 Å². The van der Waals surface area contributed by atoms with E-state index in [1.807, 2.05) is 36.4 Å². The maximum atomic E-state index is 12.9. The molecule has 1 saturated heterocycles. The molecular formula is C26H30N2O6S. The molecule has 2 aromatic rings. The fraction of sp³-hybridized carbons (Fsp3) is 0.423. The summed E-state index contributed by atoms with van der Waals surface area (Å²) >= 11 is 1.73. The smallest absolute Gasteiger partial charge is 0.407 e. The number of nitrogens with one attached hydrogen (secondary N) is 2. The lowest BCUT2D eigenvalue weighted by atomic mass is 9.87. The number of aliphatic hydroxyl groups excluding tert-OH is 1. The van der Waals surface area contributed by atoms with Gasteiger partial charge >= 0.3 is 12.1 Å². The third-order valence-corrected chi connectivity index (χ3v) is 7.85. The van der Waals surface area contributed by atoms with Crippen molar-refractivity contribution in [2.24, 2.45) is 0 Å². The molecule has 186 valence electrons. The summed E-state index contributed by atoms with van der Waals surface area (Å²) in [5.74, 6) is -0.434. The van der Waals surface area contributed by atoms with Crippen LogP contribution < -0.4 is 10.6 Å². The summed E-state index contributed by atoms with van der Waals surface area (Å²) in [6, 6.07) is 16.2. The standard InChI is InChI=1S/C26H30N2O6S/c1-25(16-29,23(31)32)27-22(30)14-26(10-12-35-13-11-26)28-24(33)34-15-21-19-8-4-2-6-17(19)18-7-3-5-9-20(18)21/h2-9,21,29H,10-16H2,1H3,(H,27,30)(H,28,33)(H,31,32). The number of aliphatic hydroxyl groups is 1. The van der Waals surface area contributed by atoms with Gasteiger partial charge in [0.2, 0.25) is 5.91 Å². The van der Waals surface area contributed by atoms with Crippen LogP contribution in [-0.2, 0) is 14.3 Å². The van der Waals surface area contributed by atoms with Crippen LogP contribution >= 0.6 is 11.8 Å². The second-order valence-corrected chi connectivity index (χ2v) is 10.6. The number of benzene rings is 2. The van der Waals surface area contributed by atoms with Gasteiger partial charge in [0.1, 0.15) is 6.61 Å². The second kappa shape index (κ2) is 10.3. The number of ether oxygens (including phenoxy) is 1. The first kappa shape index (κ1) is 25.1. The Morgan fingerprint density at radius 2 is 1.63 bits per heavy atom. The van der Waals surface area contributed by atoms with Crippen LogP contribution in [0.1, 0.15) is 43.2 Å². The predicted octanol–water partition coefficient (Wildman–Crippen LogP) is 3.13. The average Bonchev–Trinajstić information content (AvgIpc) is 3.16. The Bertz CT molecular complexity index is 1070. The van der Waals surface area contributed by atoms with Crippen molar-refractivity contribution >= 4 is 29.7 Å². The summed E-state index contributed by atoms with van der Waals surface area (Å²) in [5.41, 5.74) is 1.88. The Kier molecular flexibility index (Phi) is 7.37. The molecule has 0 bridgehead atoms. The second-order valence-electron chi connectivity index (χ2n) is 9.36. The van der Waals surface area contributed by atoms with Gasteiger partial charge in [-0.1, -0.05) is 48.5 Å². The lowest BCUT2D eigenvalue weighted by Crippen LogP contribution is -2.59. The molecule has 1 fully saturated rings. The number of carbonyl (C=O) groups is 3. The molecule has 1 aliphatic heterocycles.